The maximum atomic E-state index is 11.7. The molecule has 0 spiro atoms. The summed E-state index contributed by atoms with van der Waals surface area (Å²) in [5.74, 6) is -0.176. The fraction of sp³-hybridized carbons (Fsp3) is 0.909. The quantitative estimate of drug-likeness (QED) is 0.716. The minimum absolute atomic E-state index is 0.146. The summed E-state index contributed by atoms with van der Waals surface area (Å²) in [5, 5.41) is 3.11. The lowest BCUT2D eigenvalue weighted by Gasteiger charge is -2.22. The van der Waals surface area contributed by atoms with Crippen LogP contribution in [0.2, 0.25) is 0 Å². The zero-order valence-corrected chi connectivity index (χ0v) is 10.0. The number of hydrogen-bond donors (Lipinski definition) is 1. The van der Waals surface area contributed by atoms with E-state index in [2.05, 4.69) is 5.32 Å². The minimum Gasteiger partial charge on any atom is -0.459 e. The van der Waals surface area contributed by atoms with Crippen molar-refractivity contribution in [3.8, 4) is 0 Å². The highest BCUT2D eigenvalue weighted by molar-refractivity contribution is 5.76. The predicted octanol–water partition coefficient (Wildman–Crippen LogP) is 1.10. The molecule has 1 saturated heterocycles. The molecule has 2 atom stereocenters. The van der Waals surface area contributed by atoms with Crippen LogP contribution in [0.1, 0.15) is 34.1 Å². The summed E-state index contributed by atoms with van der Waals surface area (Å²) in [5.41, 5.74) is -0.414. The largest absolute Gasteiger partial charge is 0.459 e. The Hall–Kier alpha value is -0.610. The van der Waals surface area contributed by atoms with Crippen LogP contribution in [0.3, 0.4) is 0 Å². The van der Waals surface area contributed by atoms with Gasteiger partial charge in [-0.25, -0.2) is 0 Å². The van der Waals surface area contributed by atoms with Gasteiger partial charge in [0.15, 0.2) is 0 Å². The molecule has 0 aromatic rings. The lowest BCUT2D eigenvalue weighted by Crippen LogP contribution is -2.37. The summed E-state index contributed by atoms with van der Waals surface area (Å²) >= 11 is 0. The normalized spacial score (nSPS) is 26.7. The molecule has 0 bridgehead atoms. The molecule has 4 heteroatoms. The van der Waals surface area contributed by atoms with Crippen LogP contribution in [0.15, 0.2) is 0 Å². The fourth-order valence-corrected chi connectivity index (χ4v) is 1.62. The van der Waals surface area contributed by atoms with Crippen LogP contribution in [-0.2, 0) is 14.3 Å². The Morgan fingerprint density at radius 2 is 2.13 bits per heavy atom. The van der Waals surface area contributed by atoms with Crippen molar-refractivity contribution in [1.29, 1.82) is 0 Å². The van der Waals surface area contributed by atoms with Crippen LogP contribution in [0.4, 0.5) is 0 Å². The highest BCUT2D eigenvalue weighted by Crippen LogP contribution is 2.15. The summed E-state index contributed by atoms with van der Waals surface area (Å²) in [4.78, 5) is 11.7. The summed E-state index contributed by atoms with van der Waals surface area (Å²) in [6.45, 7) is 9.01. The van der Waals surface area contributed by atoms with Gasteiger partial charge in [-0.3, -0.25) is 4.79 Å². The summed E-state index contributed by atoms with van der Waals surface area (Å²) in [7, 11) is 0. The van der Waals surface area contributed by atoms with Crippen molar-refractivity contribution in [1.82, 2.24) is 5.32 Å². The van der Waals surface area contributed by atoms with Crippen LogP contribution < -0.4 is 5.32 Å². The van der Waals surface area contributed by atoms with Gasteiger partial charge >= 0.3 is 5.97 Å². The lowest BCUT2D eigenvalue weighted by molar-refractivity contribution is -0.157. The average molecular weight is 215 g/mol. The Bertz CT molecular complexity index is 222. The third-order valence-electron chi connectivity index (χ3n) is 2.18. The molecule has 2 unspecified atom stereocenters. The van der Waals surface area contributed by atoms with Crippen molar-refractivity contribution in [2.45, 2.75) is 51.9 Å². The van der Waals surface area contributed by atoms with Crippen molar-refractivity contribution in [2.75, 3.05) is 13.2 Å². The second kappa shape index (κ2) is 4.94. The van der Waals surface area contributed by atoms with Gasteiger partial charge in [-0.15, -0.1) is 0 Å². The van der Waals surface area contributed by atoms with Crippen LogP contribution in [0.5, 0.6) is 0 Å². The first-order valence-corrected chi connectivity index (χ1v) is 5.50. The Morgan fingerprint density at radius 1 is 1.47 bits per heavy atom. The Balaban J connectivity index is 2.37. The highest BCUT2D eigenvalue weighted by atomic mass is 16.6. The van der Waals surface area contributed by atoms with E-state index in [9.17, 15) is 4.79 Å². The van der Waals surface area contributed by atoms with E-state index in [0.29, 0.717) is 13.0 Å². The molecule has 0 aliphatic carbocycles. The molecule has 0 radical (unpaired) electrons. The molecule has 15 heavy (non-hydrogen) atoms. The maximum absolute atomic E-state index is 11.7. The second-order valence-electron chi connectivity index (χ2n) is 4.81. The van der Waals surface area contributed by atoms with E-state index in [1.54, 1.807) is 0 Å². The summed E-state index contributed by atoms with van der Waals surface area (Å²) in [6, 6.07) is -0.208. The van der Waals surface area contributed by atoms with Gasteiger partial charge < -0.3 is 14.8 Å². The first-order chi connectivity index (χ1) is 6.92. The number of rotatable bonds is 3. The van der Waals surface area contributed by atoms with Crippen molar-refractivity contribution >= 4 is 5.97 Å². The smallest absolute Gasteiger partial charge is 0.323 e. The highest BCUT2D eigenvalue weighted by Gasteiger charge is 2.32. The number of nitrogens with one attached hydrogen (secondary N) is 1. The summed E-state index contributed by atoms with van der Waals surface area (Å²) < 4.78 is 10.7. The zero-order valence-electron chi connectivity index (χ0n) is 10.0. The number of carbonyl (C=O) groups is 1. The molecule has 0 aromatic heterocycles. The average Bonchev–Trinajstić information content (AvgIpc) is 2.50. The van der Waals surface area contributed by atoms with E-state index in [-0.39, 0.29) is 18.1 Å². The van der Waals surface area contributed by atoms with Gasteiger partial charge in [0.05, 0.1) is 6.10 Å². The molecule has 4 nitrogen and oxygen atoms in total. The van der Waals surface area contributed by atoms with E-state index < -0.39 is 5.60 Å². The Kier molecular flexibility index (Phi) is 4.11. The topological polar surface area (TPSA) is 47.6 Å². The van der Waals surface area contributed by atoms with Gasteiger partial charge in [0.2, 0.25) is 0 Å². The standard InChI is InChI=1S/C11H21NO3/c1-5-14-8-6-9(12-7-8)10(13)15-11(2,3)4/h8-9,12H,5-7H2,1-4H3. The number of carbonyl (C=O) groups excluding carboxylic acids is 1. The van der Waals surface area contributed by atoms with Crippen molar-refractivity contribution in [3.05, 3.63) is 0 Å². The van der Waals surface area contributed by atoms with Gasteiger partial charge in [-0.1, -0.05) is 0 Å². The van der Waals surface area contributed by atoms with E-state index in [4.69, 9.17) is 9.47 Å². The van der Waals surface area contributed by atoms with Crippen molar-refractivity contribution in [2.24, 2.45) is 0 Å². The third-order valence-corrected chi connectivity index (χ3v) is 2.18. The van der Waals surface area contributed by atoms with Crippen LogP contribution in [0.25, 0.3) is 0 Å². The number of esters is 1. The molecule has 1 fully saturated rings. The molecular formula is C11H21NO3. The van der Waals surface area contributed by atoms with Crippen molar-refractivity contribution in [3.63, 3.8) is 0 Å². The van der Waals surface area contributed by atoms with Crippen LogP contribution in [-0.4, -0.2) is 36.9 Å². The van der Waals surface area contributed by atoms with Gasteiger partial charge in [-0.05, 0) is 27.7 Å². The number of ether oxygens (including phenoxy) is 2. The second-order valence-corrected chi connectivity index (χ2v) is 4.81. The van der Waals surface area contributed by atoms with Gasteiger partial charge in [0.1, 0.15) is 11.6 Å². The maximum Gasteiger partial charge on any atom is 0.323 e. The first kappa shape index (κ1) is 12.5. The fourth-order valence-electron chi connectivity index (χ4n) is 1.62. The molecule has 1 rings (SSSR count). The van der Waals surface area contributed by atoms with Gasteiger partial charge in [-0.2, -0.15) is 0 Å². The van der Waals surface area contributed by atoms with E-state index in [1.165, 1.54) is 0 Å². The molecule has 0 saturated carbocycles. The van der Waals surface area contributed by atoms with Crippen molar-refractivity contribution < 1.29 is 14.3 Å². The van der Waals surface area contributed by atoms with Gasteiger partial charge in [0, 0.05) is 19.6 Å². The molecule has 0 aromatic carbocycles. The molecule has 1 aliphatic rings. The van der Waals surface area contributed by atoms with Crippen LogP contribution >= 0.6 is 0 Å². The Morgan fingerprint density at radius 3 is 2.67 bits per heavy atom. The number of hydrogen-bond acceptors (Lipinski definition) is 4. The van der Waals surface area contributed by atoms with Gasteiger partial charge in [0.25, 0.3) is 0 Å². The Labute approximate surface area is 91.3 Å². The molecule has 0 amide bonds. The predicted molar refractivity (Wildman–Crippen MR) is 57.7 cm³/mol. The minimum atomic E-state index is -0.414. The molecular weight excluding hydrogens is 194 g/mol. The monoisotopic (exact) mass is 215 g/mol. The van der Waals surface area contributed by atoms with E-state index in [0.717, 1.165) is 6.54 Å². The third kappa shape index (κ3) is 4.18. The molecule has 1 heterocycles. The molecule has 1 N–H and O–H groups in total. The van der Waals surface area contributed by atoms with E-state index >= 15 is 0 Å². The molecule has 1 aliphatic heterocycles. The van der Waals surface area contributed by atoms with E-state index in [1.807, 2.05) is 27.7 Å². The zero-order chi connectivity index (χ0) is 11.5. The first-order valence-electron chi connectivity index (χ1n) is 5.50. The summed E-state index contributed by atoms with van der Waals surface area (Å²) in [6.07, 6.45) is 0.857. The molecule has 88 valence electrons. The SMILES string of the molecule is CCOC1CNC(C(=O)OC(C)(C)C)C1. The van der Waals surface area contributed by atoms with Crippen LogP contribution in [0, 0.1) is 0 Å². The lowest BCUT2D eigenvalue weighted by atomic mass is 10.1.